The van der Waals surface area contributed by atoms with Gasteiger partial charge in [-0.05, 0) is 25.1 Å². The molecule has 0 saturated carbocycles. The summed E-state index contributed by atoms with van der Waals surface area (Å²) in [6.45, 7) is 2.48. The van der Waals surface area contributed by atoms with Gasteiger partial charge in [0.05, 0.1) is 28.0 Å². The maximum Gasteiger partial charge on any atom is 0.278 e. The first-order valence-corrected chi connectivity index (χ1v) is 6.84. The fourth-order valence-corrected chi connectivity index (χ4v) is 2.65. The first-order chi connectivity index (χ1) is 9.49. The molecule has 1 aliphatic rings. The van der Waals surface area contributed by atoms with Gasteiger partial charge in [-0.3, -0.25) is 9.48 Å². The molecule has 0 spiro atoms. The third-order valence-electron chi connectivity index (χ3n) is 3.35. The Morgan fingerprint density at radius 2 is 2.05 bits per heavy atom. The van der Waals surface area contributed by atoms with E-state index in [2.05, 4.69) is 5.10 Å². The second kappa shape index (κ2) is 5.79. The average Bonchev–Trinajstić information content (AvgIpc) is 2.80. The number of hydrogen-bond donors (Lipinski definition) is 1. The number of carbonyl (C=O) groups is 1. The molecule has 2 N–H and O–H groups in total. The van der Waals surface area contributed by atoms with Gasteiger partial charge in [-0.2, -0.15) is 18.6 Å². The largest absolute Gasteiger partial charge is 0.396 e. The number of hydrogen-bond acceptors (Lipinski definition) is 3. The summed E-state index contributed by atoms with van der Waals surface area (Å²) >= 11 is 11.9. The number of anilines is 2. The average molecular weight is 345 g/mol. The van der Waals surface area contributed by atoms with Crippen LogP contribution in [0.1, 0.15) is 23.5 Å². The van der Waals surface area contributed by atoms with Crippen molar-refractivity contribution in [2.24, 2.45) is 0 Å². The highest BCUT2D eigenvalue weighted by Gasteiger charge is 2.32. The zero-order valence-electron chi connectivity index (χ0n) is 11.2. The normalized spacial score (nSPS) is 17.4. The minimum absolute atomic E-state index is 0. The van der Waals surface area contributed by atoms with E-state index < -0.39 is 0 Å². The van der Waals surface area contributed by atoms with Crippen molar-refractivity contribution in [3.05, 3.63) is 40.1 Å². The number of nitrogen functional groups attached to an aromatic ring is 1. The maximum absolute atomic E-state index is 12.5. The number of nitrogens with zero attached hydrogens (tertiary/aromatic N) is 3. The molecule has 0 bridgehead atoms. The molecule has 0 radical (unpaired) electrons. The maximum atomic E-state index is 12.5. The molecule has 1 aromatic heterocycles. The van der Waals surface area contributed by atoms with Gasteiger partial charge in [-0.1, -0.05) is 23.2 Å². The lowest BCUT2D eigenvalue weighted by atomic mass is 10.1. The lowest BCUT2D eigenvalue weighted by Crippen LogP contribution is -2.42. The van der Waals surface area contributed by atoms with Crippen molar-refractivity contribution in [3.63, 3.8) is 0 Å². The Labute approximate surface area is 139 Å². The van der Waals surface area contributed by atoms with Crippen LogP contribution < -0.4 is 10.6 Å². The lowest BCUT2D eigenvalue weighted by Gasteiger charge is -2.32. The molecule has 0 unspecified atom stereocenters. The Bertz CT molecular complexity index is 703. The van der Waals surface area contributed by atoms with Crippen LogP contribution in [0.2, 0.25) is 10.0 Å². The van der Waals surface area contributed by atoms with Crippen LogP contribution in [0, 0.1) is 0 Å². The molecule has 112 valence electrons. The predicted octanol–water partition coefficient (Wildman–Crippen LogP) is 3.11. The van der Waals surface area contributed by atoms with Crippen LogP contribution in [0.5, 0.6) is 0 Å². The van der Waals surface area contributed by atoms with Crippen LogP contribution in [-0.2, 0) is 0 Å². The second-order valence-corrected chi connectivity index (χ2v) is 5.57. The van der Waals surface area contributed by atoms with E-state index in [-0.39, 0.29) is 25.4 Å². The number of carbonyl (C=O) groups excluding carboxylic acids is 1. The molecule has 1 aromatic carbocycles. The summed E-state index contributed by atoms with van der Waals surface area (Å²) in [5, 5.41) is 5.01. The van der Waals surface area contributed by atoms with Gasteiger partial charge in [-0.15, -0.1) is 0 Å². The van der Waals surface area contributed by atoms with Gasteiger partial charge in [0.25, 0.3) is 5.91 Å². The van der Waals surface area contributed by atoms with Gasteiger partial charge in [0.15, 0.2) is 0 Å². The molecule has 1 aliphatic heterocycles. The summed E-state index contributed by atoms with van der Waals surface area (Å²) in [7, 11) is 0. The molecule has 2 heterocycles. The van der Waals surface area contributed by atoms with Crippen molar-refractivity contribution in [3.8, 4) is 0 Å². The van der Waals surface area contributed by atoms with Gasteiger partial charge in [-0.25, -0.2) is 0 Å². The van der Waals surface area contributed by atoms with Gasteiger partial charge >= 0.3 is 0 Å². The molecule has 1 amide bonds. The van der Waals surface area contributed by atoms with E-state index in [1.54, 1.807) is 27.8 Å². The standard InChI is InChI=1S/C13H12Cl2N4O.H2S/c1-7-6-18(8-2-3-9(14)10(15)4-8)13(20)12-11(16)5-17-19(7)12;/h2-5,7H,6,16H2,1H3;1H2/t7-;/m0./s1. The molecule has 0 saturated heterocycles. The van der Waals surface area contributed by atoms with Crippen LogP contribution in [0.15, 0.2) is 24.4 Å². The number of halogens is 2. The quantitative estimate of drug-likeness (QED) is 0.864. The molecule has 0 aliphatic carbocycles. The summed E-state index contributed by atoms with van der Waals surface area (Å²) in [6, 6.07) is 5.15. The summed E-state index contributed by atoms with van der Waals surface area (Å²) < 4.78 is 1.66. The lowest BCUT2D eigenvalue weighted by molar-refractivity contribution is 0.0954. The van der Waals surface area contributed by atoms with E-state index in [9.17, 15) is 4.79 Å². The molecule has 2 aromatic rings. The number of rotatable bonds is 1. The number of aromatic nitrogens is 2. The van der Waals surface area contributed by atoms with Crippen LogP contribution in [-0.4, -0.2) is 22.2 Å². The number of fused-ring (bicyclic) bond motifs is 1. The predicted molar refractivity (Wildman–Crippen MR) is 89.9 cm³/mol. The number of nitrogens with two attached hydrogens (primary N) is 1. The van der Waals surface area contributed by atoms with E-state index >= 15 is 0 Å². The zero-order valence-corrected chi connectivity index (χ0v) is 13.7. The smallest absolute Gasteiger partial charge is 0.278 e. The Hall–Kier alpha value is -1.37. The van der Waals surface area contributed by atoms with E-state index in [0.29, 0.717) is 33.7 Å². The highest BCUT2D eigenvalue weighted by molar-refractivity contribution is 7.59. The topological polar surface area (TPSA) is 64.2 Å². The van der Waals surface area contributed by atoms with Crippen molar-refractivity contribution in [2.75, 3.05) is 17.2 Å². The van der Waals surface area contributed by atoms with E-state index in [0.717, 1.165) is 0 Å². The van der Waals surface area contributed by atoms with E-state index in [1.165, 1.54) is 6.20 Å². The first kappa shape index (κ1) is 16.0. The minimum Gasteiger partial charge on any atom is -0.396 e. The minimum atomic E-state index is -0.184. The summed E-state index contributed by atoms with van der Waals surface area (Å²) in [4.78, 5) is 14.2. The fourth-order valence-electron chi connectivity index (χ4n) is 2.36. The zero-order chi connectivity index (χ0) is 14.4. The SMILES string of the molecule is C[C@H]1CN(c2ccc(Cl)c(Cl)c2)C(=O)c2c(N)cnn21.S. The van der Waals surface area contributed by atoms with Crippen LogP contribution in [0.4, 0.5) is 11.4 Å². The van der Waals surface area contributed by atoms with Crippen molar-refractivity contribution in [1.82, 2.24) is 9.78 Å². The molecule has 0 fully saturated rings. The van der Waals surface area contributed by atoms with Crippen LogP contribution in [0.25, 0.3) is 0 Å². The van der Waals surface area contributed by atoms with Crippen molar-refractivity contribution < 1.29 is 4.79 Å². The Morgan fingerprint density at radius 1 is 1.33 bits per heavy atom. The van der Waals surface area contributed by atoms with Gasteiger partial charge in [0.2, 0.25) is 0 Å². The highest BCUT2D eigenvalue weighted by Crippen LogP contribution is 2.32. The second-order valence-electron chi connectivity index (χ2n) is 4.76. The fraction of sp³-hybridized carbons (Fsp3) is 0.231. The van der Waals surface area contributed by atoms with Gasteiger partial charge in [0.1, 0.15) is 5.69 Å². The molecular weight excluding hydrogens is 331 g/mol. The van der Waals surface area contributed by atoms with Crippen LogP contribution >= 0.6 is 36.7 Å². The third-order valence-corrected chi connectivity index (χ3v) is 4.09. The molecule has 5 nitrogen and oxygen atoms in total. The third kappa shape index (κ3) is 2.59. The first-order valence-electron chi connectivity index (χ1n) is 6.09. The summed E-state index contributed by atoms with van der Waals surface area (Å²) in [5.74, 6) is -0.184. The highest BCUT2D eigenvalue weighted by atomic mass is 35.5. The summed E-state index contributed by atoms with van der Waals surface area (Å²) in [5.41, 5.74) is 7.32. The Kier molecular flexibility index (Phi) is 4.41. The Morgan fingerprint density at radius 3 is 2.71 bits per heavy atom. The van der Waals surface area contributed by atoms with E-state index in [1.807, 2.05) is 6.92 Å². The molecule has 3 rings (SSSR count). The van der Waals surface area contributed by atoms with Crippen molar-refractivity contribution in [1.29, 1.82) is 0 Å². The monoisotopic (exact) mass is 344 g/mol. The van der Waals surface area contributed by atoms with Crippen LogP contribution in [0.3, 0.4) is 0 Å². The van der Waals surface area contributed by atoms with Crippen molar-refractivity contribution in [2.45, 2.75) is 13.0 Å². The van der Waals surface area contributed by atoms with Gasteiger partial charge in [0, 0.05) is 12.2 Å². The number of benzene rings is 1. The molecule has 1 atom stereocenters. The van der Waals surface area contributed by atoms with Gasteiger partial charge < -0.3 is 10.6 Å². The molecular formula is C13H14Cl2N4OS. The Balaban J connectivity index is 0.00000161. The van der Waals surface area contributed by atoms with E-state index in [4.69, 9.17) is 28.9 Å². The molecule has 8 heteroatoms. The van der Waals surface area contributed by atoms with Crippen molar-refractivity contribution >= 4 is 54.0 Å². The summed E-state index contributed by atoms with van der Waals surface area (Å²) in [6.07, 6.45) is 1.50. The number of amides is 1. The molecule has 21 heavy (non-hydrogen) atoms.